The van der Waals surface area contributed by atoms with Crippen molar-refractivity contribution < 1.29 is 17.9 Å². The molecule has 5 rings (SSSR count). The summed E-state index contributed by atoms with van der Waals surface area (Å²) in [5.41, 5.74) is 3.04. The number of nitrogens with zero attached hydrogens (tertiary/aromatic N) is 2. The highest BCUT2D eigenvalue weighted by molar-refractivity contribution is 7.90. The molecule has 168 valence electrons. The lowest BCUT2D eigenvalue weighted by molar-refractivity contribution is -0.117. The summed E-state index contributed by atoms with van der Waals surface area (Å²) in [6.45, 7) is 3.09. The summed E-state index contributed by atoms with van der Waals surface area (Å²) < 4.78 is 30.7. The molecule has 1 atom stereocenters. The second kappa shape index (κ2) is 7.86. The fraction of sp³-hybridized carbons (Fsp3) is 0.409. The number of anilines is 3. The van der Waals surface area contributed by atoms with Crippen LogP contribution in [-0.4, -0.2) is 48.7 Å². The number of sulfone groups is 1. The van der Waals surface area contributed by atoms with Crippen LogP contribution in [0, 0.1) is 12.8 Å². The Morgan fingerprint density at radius 2 is 1.97 bits per heavy atom. The molecule has 1 aliphatic heterocycles. The molecule has 10 heteroatoms. The number of nitrogens with one attached hydrogen (secondary N) is 3. The molecule has 1 aromatic carbocycles. The number of carbonyl (C=O) groups excluding carboxylic acids is 1. The van der Waals surface area contributed by atoms with Gasteiger partial charge in [-0.25, -0.2) is 18.4 Å². The molecule has 1 amide bonds. The Kier molecular flexibility index (Phi) is 5.13. The van der Waals surface area contributed by atoms with E-state index in [-0.39, 0.29) is 22.6 Å². The standard InChI is InChI=1S/C22H25N5O4S/c1-12-23-20-17(10-19(26-21(20)24-12)27-22(28)13-3-4-13)25-16-6-5-14(15-7-8-31-11-15)9-18(16)32(2,29)30/h5-6,9-10,13,15H,3-4,7-8,11H2,1-2H3,(H3,23,24,25,26,27,28). The average molecular weight is 456 g/mol. The van der Waals surface area contributed by atoms with Crippen LogP contribution >= 0.6 is 0 Å². The summed E-state index contributed by atoms with van der Waals surface area (Å²) >= 11 is 0. The zero-order valence-electron chi connectivity index (χ0n) is 17.9. The molecule has 3 aromatic rings. The lowest BCUT2D eigenvalue weighted by atomic mass is 9.98. The minimum atomic E-state index is -3.50. The van der Waals surface area contributed by atoms with Gasteiger partial charge < -0.3 is 20.4 Å². The Balaban J connectivity index is 1.54. The van der Waals surface area contributed by atoms with Crippen LogP contribution in [0.2, 0.25) is 0 Å². The first-order valence-electron chi connectivity index (χ1n) is 10.6. The highest BCUT2D eigenvalue weighted by atomic mass is 32.2. The molecule has 1 aliphatic carbocycles. The van der Waals surface area contributed by atoms with Crippen molar-refractivity contribution in [2.24, 2.45) is 5.92 Å². The van der Waals surface area contributed by atoms with Crippen molar-refractivity contribution in [3.8, 4) is 0 Å². The van der Waals surface area contributed by atoms with Crippen molar-refractivity contribution in [2.75, 3.05) is 30.1 Å². The summed E-state index contributed by atoms with van der Waals surface area (Å²) in [6, 6.07) is 7.12. The van der Waals surface area contributed by atoms with E-state index in [2.05, 4.69) is 25.6 Å². The number of hydrogen-bond acceptors (Lipinski definition) is 7. The maximum atomic E-state index is 12.6. The number of hydrogen-bond donors (Lipinski definition) is 3. The van der Waals surface area contributed by atoms with Crippen molar-refractivity contribution in [2.45, 2.75) is 37.0 Å². The number of amides is 1. The Bertz CT molecular complexity index is 1310. The second-order valence-electron chi connectivity index (χ2n) is 8.55. The highest BCUT2D eigenvalue weighted by Crippen LogP contribution is 2.35. The molecular weight excluding hydrogens is 430 g/mol. The third-order valence-electron chi connectivity index (χ3n) is 5.85. The molecule has 0 spiro atoms. The van der Waals surface area contributed by atoms with Crippen molar-refractivity contribution in [1.82, 2.24) is 15.0 Å². The van der Waals surface area contributed by atoms with Crippen molar-refractivity contribution in [3.05, 3.63) is 35.7 Å². The number of pyridine rings is 1. The maximum absolute atomic E-state index is 12.6. The Morgan fingerprint density at radius 1 is 1.16 bits per heavy atom. The number of carbonyl (C=O) groups is 1. The predicted octanol–water partition coefficient (Wildman–Crippen LogP) is 3.27. The first kappa shape index (κ1) is 20.9. The van der Waals surface area contributed by atoms with Gasteiger partial charge in [0.25, 0.3) is 0 Å². The first-order valence-corrected chi connectivity index (χ1v) is 12.5. The number of aromatic nitrogens is 3. The SMILES string of the molecule is Cc1nc2c(Nc3ccc(C4CCOC4)cc3S(C)(=O)=O)cc(NC(=O)C3CC3)nc2[nH]1. The van der Waals surface area contributed by atoms with Crippen LogP contribution in [0.15, 0.2) is 29.2 Å². The van der Waals surface area contributed by atoms with Gasteiger partial charge in [0, 0.05) is 30.8 Å². The minimum absolute atomic E-state index is 0.0383. The van der Waals surface area contributed by atoms with Crippen molar-refractivity contribution >= 4 is 44.1 Å². The van der Waals surface area contributed by atoms with E-state index in [0.717, 1.165) is 24.8 Å². The van der Waals surface area contributed by atoms with E-state index < -0.39 is 9.84 Å². The quantitative estimate of drug-likeness (QED) is 0.521. The monoisotopic (exact) mass is 455 g/mol. The maximum Gasteiger partial charge on any atom is 0.228 e. The fourth-order valence-corrected chi connectivity index (χ4v) is 4.85. The van der Waals surface area contributed by atoms with E-state index in [1.807, 2.05) is 13.0 Å². The molecule has 3 N–H and O–H groups in total. The molecular formula is C22H25N5O4S. The van der Waals surface area contributed by atoms with Gasteiger partial charge in [0.05, 0.1) is 22.9 Å². The van der Waals surface area contributed by atoms with Crippen LogP contribution in [0.4, 0.5) is 17.2 Å². The third kappa shape index (κ3) is 4.20. The topological polar surface area (TPSA) is 126 Å². The summed E-state index contributed by atoms with van der Waals surface area (Å²) in [4.78, 5) is 24.5. The summed E-state index contributed by atoms with van der Waals surface area (Å²) in [5, 5.41) is 6.08. The van der Waals surface area contributed by atoms with Crippen LogP contribution in [0.5, 0.6) is 0 Å². The molecule has 32 heavy (non-hydrogen) atoms. The first-order chi connectivity index (χ1) is 15.3. The summed E-state index contributed by atoms with van der Waals surface area (Å²) in [6.07, 6.45) is 3.85. The fourth-order valence-electron chi connectivity index (χ4n) is 3.98. The van der Waals surface area contributed by atoms with Gasteiger partial charge in [-0.2, -0.15) is 0 Å². The van der Waals surface area contributed by atoms with Crippen LogP contribution in [0.3, 0.4) is 0 Å². The molecule has 1 saturated heterocycles. The molecule has 2 fully saturated rings. The van der Waals surface area contributed by atoms with E-state index in [1.165, 1.54) is 6.26 Å². The van der Waals surface area contributed by atoms with E-state index in [0.29, 0.717) is 47.4 Å². The zero-order valence-corrected chi connectivity index (χ0v) is 18.8. The number of benzene rings is 1. The van der Waals surface area contributed by atoms with Crippen LogP contribution in [0.1, 0.15) is 36.6 Å². The lowest BCUT2D eigenvalue weighted by Gasteiger charge is -2.16. The molecule has 2 aromatic heterocycles. The van der Waals surface area contributed by atoms with E-state index in [1.54, 1.807) is 18.2 Å². The number of aryl methyl sites for hydroxylation is 1. The molecule has 0 bridgehead atoms. The number of H-pyrrole nitrogens is 1. The number of imidazole rings is 1. The third-order valence-corrected chi connectivity index (χ3v) is 6.98. The highest BCUT2D eigenvalue weighted by Gasteiger charge is 2.30. The van der Waals surface area contributed by atoms with E-state index in [4.69, 9.17) is 4.74 Å². The van der Waals surface area contributed by atoms with E-state index >= 15 is 0 Å². The van der Waals surface area contributed by atoms with Crippen molar-refractivity contribution in [3.63, 3.8) is 0 Å². The largest absolute Gasteiger partial charge is 0.381 e. The van der Waals surface area contributed by atoms with Crippen molar-refractivity contribution in [1.29, 1.82) is 0 Å². The molecule has 2 aliphatic rings. The second-order valence-corrected chi connectivity index (χ2v) is 10.5. The van der Waals surface area contributed by atoms with Gasteiger partial charge in [-0.15, -0.1) is 0 Å². The molecule has 1 unspecified atom stereocenters. The number of rotatable bonds is 6. The minimum Gasteiger partial charge on any atom is -0.381 e. The van der Waals surface area contributed by atoms with Gasteiger partial charge in [-0.1, -0.05) is 6.07 Å². The van der Waals surface area contributed by atoms with Gasteiger partial charge in [-0.3, -0.25) is 4.79 Å². The van der Waals surface area contributed by atoms with Gasteiger partial charge in [0.15, 0.2) is 15.5 Å². The molecule has 1 saturated carbocycles. The number of fused-ring (bicyclic) bond motifs is 1. The predicted molar refractivity (Wildman–Crippen MR) is 121 cm³/mol. The molecule has 3 heterocycles. The molecule has 9 nitrogen and oxygen atoms in total. The van der Waals surface area contributed by atoms with E-state index in [9.17, 15) is 13.2 Å². The summed E-state index contributed by atoms with van der Waals surface area (Å²) in [5.74, 6) is 1.23. The number of aromatic amines is 1. The Labute approximate surface area is 185 Å². The van der Waals surface area contributed by atoms with Gasteiger partial charge >= 0.3 is 0 Å². The average Bonchev–Trinajstić information content (AvgIpc) is 3.30. The van der Waals surface area contributed by atoms with Crippen LogP contribution < -0.4 is 10.6 Å². The molecule has 0 radical (unpaired) electrons. The zero-order chi connectivity index (χ0) is 22.5. The van der Waals surface area contributed by atoms with Gasteiger partial charge in [0.2, 0.25) is 5.91 Å². The summed E-state index contributed by atoms with van der Waals surface area (Å²) in [7, 11) is -3.50. The Morgan fingerprint density at radius 3 is 2.66 bits per heavy atom. The van der Waals surface area contributed by atoms with Gasteiger partial charge in [-0.05, 0) is 43.9 Å². The lowest BCUT2D eigenvalue weighted by Crippen LogP contribution is -2.14. The van der Waals surface area contributed by atoms with Crippen LogP contribution in [0.25, 0.3) is 11.2 Å². The normalized spacial score (nSPS) is 18.8. The Hall–Kier alpha value is -2.98. The van der Waals surface area contributed by atoms with Gasteiger partial charge in [0.1, 0.15) is 17.2 Å². The number of ether oxygens (including phenoxy) is 1. The van der Waals surface area contributed by atoms with Crippen LogP contribution in [-0.2, 0) is 19.4 Å². The smallest absolute Gasteiger partial charge is 0.228 e.